The van der Waals surface area contributed by atoms with Crippen LogP contribution in [0.2, 0.25) is 0 Å². The fraction of sp³-hybridized carbons (Fsp3) is 0.310. The lowest BCUT2D eigenvalue weighted by Crippen LogP contribution is -2.34. The molecule has 0 saturated carbocycles. The van der Waals surface area contributed by atoms with E-state index in [1.807, 2.05) is 59.0 Å². The molecule has 0 aliphatic carbocycles. The zero-order valence-corrected chi connectivity index (χ0v) is 21.6. The molecule has 0 atom stereocenters. The van der Waals surface area contributed by atoms with Crippen LogP contribution in [-0.4, -0.2) is 56.8 Å². The van der Waals surface area contributed by atoms with E-state index in [4.69, 9.17) is 0 Å². The summed E-state index contributed by atoms with van der Waals surface area (Å²) in [5.41, 5.74) is 3.14. The van der Waals surface area contributed by atoms with Gasteiger partial charge in [0.25, 0.3) is 11.1 Å². The number of imide groups is 1. The van der Waals surface area contributed by atoms with Crippen molar-refractivity contribution >= 4 is 51.6 Å². The molecule has 2 saturated heterocycles. The predicted molar refractivity (Wildman–Crippen MR) is 145 cm³/mol. The van der Waals surface area contributed by atoms with Gasteiger partial charge in [0.05, 0.1) is 11.4 Å². The first-order valence-corrected chi connectivity index (χ1v) is 13.4. The number of ketones is 1. The van der Waals surface area contributed by atoms with Gasteiger partial charge in [-0.2, -0.15) is 0 Å². The largest absolute Gasteiger partial charge is 0.341 e. The Bertz CT molecular complexity index is 1400. The predicted octanol–water partition coefficient (Wildman–Crippen LogP) is 5.27. The van der Waals surface area contributed by atoms with Crippen molar-refractivity contribution in [1.82, 2.24) is 14.4 Å². The van der Waals surface area contributed by atoms with Crippen molar-refractivity contribution in [3.63, 3.8) is 0 Å². The Morgan fingerprint density at radius 1 is 0.919 bits per heavy atom. The first-order valence-electron chi connectivity index (χ1n) is 12.6. The highest BCUT2D eigenvalue weighted by molar-refractivity contribution is 8.18. The van der Waals surface area contributed by atoms with Crippen molar-refractivity contribution in [3.8, 4) is 0 Å². The molecule has 3 heterocycles. The molecule has 2 aliphatic rings. The Kier molecular flexibility index (Phi) is 7.28. The van der Waals surface area contributed by atoms with Crippen LogP contribution in [0.5, 0.6) is 0 Å². The summed E-state index contributed by atoms with van der Waals surface area (Å²) in [5, 5.41) is 0.436. The van der Waals surface area contributed by atoms with Gasteiger partial charge in [-0.05, 0) is 43.7 Å². The highest BCUT2D eigenvalue weighted by atomic mass is 32.2. The maximum absolute atomic E-state index is 13.1. The van der Waals surface area contributed by atoms with Gasteiger partial charge in [0, 0.05) is 41.3 Å². The molecule has 0 unspecified atom stereocenters. The van der Waals surface area contributed by atoms with Gasteiger partial charge in [0.1, 0.15) is 6.54 Å². The summed E-state index contributed by atoms with van der Waals surface area (Å²) in [7, 11) is 0. The van der Waals surface area contributed by atoms with E-state index < -0.39 is 11.1 Å². The minimum atomic E-state index is -0.479. The van der Waals surface area contributed by atoms with Gasteiger partial charge in [-0.3, -0.25) is 24.1 Å². The van der Waals surface area contributed by atoms with Gasteiger partial charge in [-0.1, -0.05) is 60.9 Å². The number of nitrogens with zero attached hydrogens (tertiary/aromatic N) is 3. The van der Waals surface area contributed by atoms with Crippen LogP contribution >= 0.6 is 11.8 Å². The third kappa shape index (κ3) is 5.39. The molecule has 3 aromatic rings. The summed E-state index contributed by atoms with van der Waals surface area (Å²) < 4.78 is 1.92. The molecule has 7 nitrogen and oxygen atoms in total. The van der Waals surface area contributed by atoms with Crippen LogP contribution < -0.4 is 0 Å². The number of aryl methyl sites for hydroxylation is 1. The molecule has 1 aromatic heterocycles. The maximum atomic E-state index is 13.1. The molecule has 5 rings (SSSR count). The van der Waals surface area contributed by atoms with Gasteiger partial charge in [0.15, 0.2) is 5.78 Å². The number of benzene rings is 2. The van der Waals surface area contributed by atoms with Crippen molar-refractivity contribution in [3.05, 3.63) is 76.3 Å². The smallest absolute Gasteiger partial charge is 0.293 e. The third-order valence-corrected chi connectivity index (χ3v) is 7.83. The number of hydrogen-bond acceptors (Lipinski definition) is 5. The number of amides is 3. The molecule has 2 fully saturated rings. The molecular formula is C29H29N3O4S. The van der Waals surface area contributed by atoms with Gasteiger partial charge < -0.3 is 9.47 Å². The first-order chi connectivity index (χ1) is 17.9. The van der Waals surface area contributed by atoms with Crippen LogP contribution in [0.3, 0.4) is 0 Å². The van der Waals surface area contributed by atoms with Gasteiger partial charge in [-0.25, -0.2) is 0 Å². The number of carbonyl (C=O) groups excluding carboxylic acids is 4. The number of thioether (sulfide) groups is 1. The number of fused-ring (bicyclic) bond motifs is 1. The molecular weight excluding hydrogens is 486 g/mol. The zero-order chi connectivity index (χ0) is 25.9. The average molecular weight is 516 g/mol. The Hall–Kier alpha value is -3.65. The number of Topliss-reactive ketones (excluding diaryl/α,β-unsaturated/α-hetero) is 1. The molecule has 0 spiro atoms. The minimum Gasteiger partial charge on any atom is -0.341 e. The van der Waals surface area contributed by atoms with E-state index >= 15 is 0 Å². The van der Waals surface area contributed by atoms with Crippen molar-refractivity contribution in [1.29, 1.82) is 0 Å². The second-order valence-electron chi connectivity index (χ2n) is 9.58. The van der Waals surface area contributed by atoms with Gasteiger partial charge in [-0.15, -0.1) is 0 Å². The third-order valence-electron chi connectivity index (χ3n) is 6.92. The van der Waals surface area contributed by atoms with Crippen molar-refractivity contribution in [2.24, 2.45) is 0 Å². The number of hydrogen-bond donors (Lipinski definition) is 0. The summed E-state index contributed by atoms with van der Waals surface area (Å²) in [4.78, 5) is 54.7. The van der Waals surface area contributed by atoms with E-state index in [1.54, 1.807) is 18.2 Å². The summed E-state index contributed by atoms with van der Waals surface area (Å²) in [6, 6.07) is 14.8. The number of rotatable bonds is 6. The minimum absolute atomic E-state index is 0.0872. The standard InChI is InChI=1S/C29H29N3O4S/c1-20-10-12-21(13-11-20)25(33)18-32-28(35)26(37-29(32)36)16-22-17-31(24-9-5-4-8-23(22)24)19-27(34)30-14-6-2-3-7-15-30/h4-5,8-13,16-17H,2-3,6-7,14-15,18-19H2,1H3/b26-16-. The number of aromatic nitrogens is 1. The van der Waals surface area contributed by atoms with Gasteiger partial charge >= 0.3 is 0 Å². The molecule has 2 aliphatic heterocycles. The van der Waals surface area contributed by atoms with Crippen LogP contribution in [0.1, 0.15) is 47.2 Å². The molecule has 8 heteroatoms. The van der Waals surface area contributed by atoms with E-state index in [0.29, 0.717) is 5.56 Å². The first kappa shape index (κ1) is 25.0. The average Bonchev–Trinajstić information content (AvgIpc) is 3.20. The maximum Gasteiger partial charge on any atom is 0.293 e. The molecule has 190 valence electrons. The Balaban J connectivity index is 1.37. The van der Waals surface area contributed by atoms with Gasteiger partial charge in [0.2, 0.25) is 5.91 Å². The van der Waals surface area contributed by atoms with E-state index in [1.165, 1.54) is 0 Å². The highest BCUT2D eigenvalue weighted by Gasteiger charge is 2.36. The van der Waals surface area contributed by atoms with Crippen LogP contribution in [0.25, 0.3) is 17.0 Å². The topological polar surface area (TPSA) is 79.7 Å². The normalized spacial score (nSPS) is 17.6. The summed E-state index contributed by atoms with van der Waals surface area (Å²) >= 11 is 0.835. The molecule has 0 bridgehead atoms. The second-order valence-corrected chi connectivity index (χ2v) is 10.6. The monoisotopic (exact) mass is 515 g/mol. The fourth-order valence-electron chi connectivity index (χ4n) is 4.84. The summed E-state index contributed by atoms with van der Waals surface area (Å²) in [6.45, 7) is 3.44. The molecule has 0 N–H and O–H groups in total. The number of likely N-dealkylation sites (tertiary alicyclic amines) is 1. The summed E-state index contributed by atoms with van der Waals surface area (Å²) in [6.07, 6.45) is 7.94. The second kappa shape index (κ2) is 10.8. The molecule has 0 radical (unpaired) electrons. The zero-order valence-electron chi connectivity index (χ0n) is 20.8. The van der Waals surface area contributed by atoms with E-state index in [0.717, 1.165) is 77.5 Å². The molecule has 37 heavy (non-hydrogen) atoms. The van der Waals surface area contributed by atoms with Crippen LogP contribution in [-0.2, 0) is 16.1 Å². The fourth-order valence-corrected chi connectivity index (χ4v) is 5.67. The number of para-hydroxylation sites is 1. The van der Waals surface area contributed by atoms with Crippen molar-refractivity contribution < 1.29 is 19.2 Å². The van der Waals surface area contributed by atoms with Crippen LogP contribution in [0.15, 0.2) is 59.6 Å². The highest BCUT2D eigenvalue weighted by Crippen LogP contribution is 2.34. The SMILES string of the molecule is Cc1ccc(C(=O)CN2C(=O)S/C(=C\c3cn(CC(=O)N4CCCCCC4)c4ccccc34)C2=O)cc1. The van der Waals surface area contributed by atoms with E-state index in [2.05, 4.69) is 0 Å². The van der Waals surface area contributed by atoms with Crippen LogP contribution in [0.4, 0.5) is 4.79 Å². The van der Waals surface area contributed by atoms with Crippen LogP contribution in [0, 0.1) is 6.92 Å². The lowest BCUT2D eigenvalue weighted by atomic mass is 10.1. The van der Waals surface area contributed by atoms with E-state index in [9.17, 15) is 19.2 Å². The lowest BCUT2D eigenvalue weighted by Gasteiger charge is -2.20. The summed E-state index contributed by atoms with van der Waals surface area (Å²) in [5.74, 6) is -0.677. The number of carbonyl (C=O) groups is 4. The Morgan fingerprint density at radius 2 is 1.62 bits per heavy atom. The Morgan fingerprint density at radius 3 is 2.35 bits per heavy atom. The lowest BCUT2D eigenvalue weighted by molar-refractivity contribution is -0.131. The van der Waals surface area contributed by atoms with E-state index in [-0.39, 0.29) is 29.7 Å². The Labute approximate surface area is 220 Å². The molecule has 3 amide bonds. The molecule has 2 aromatic carbocycles. The quantitative estimate of drug-likeness (QED) is 0.330. The van der Waals surface area contributed by atoms with Crippen molar-refractivity contribution in [2.75, 3.05) is 19.6 Å². The van der Waals surface area contributed by atoms with Crippen molar-refractivity contribution in [2.45, 2.75) is 39.2 Å².